The summed E-state index contributed by atoms with van der Waals surface area (Å²) in [5.41, 5.74) is 1.02. The van der Waals surface area contributed by atoms with E-state index >= 15 is 0 Å². The Labute approximate surface area is 148 Å². The van der Waals surface area contributed by atoms with Crippen molar-refractivity contribution in [3.8, 4) is 0 Å². The minimum absolute atomic E-state index is 0.0498. The molecule has 1 atom stereocenters. The van der Waals surface area contributed by atoms with Crippen molar-refractivity contribution in [2.75, 3.05) is 19.6 Å². The predicted octanol–water partition coefficient (Wildman–Crippen LogP) is 1.52. The van der Waals surface area contributed by atoms with E-state index < -0.39 is 0 Å². The van der Waals surface area contributed by atoms with E-state index in [1.54, 1.807) is 11.3 Å². The Morgan fingerprint density at radius 2 is 2.21 bits per heavy atom. The van der Waals surface area contributed by atoms with Crippen molar-refractivity contribution in [1.82, 2.24) is 20.5 Å². The number of aromatic nitrogens is 1. The second-order valence-electron chi connectivity index (χ2n) is 6.77. The summed E-state index contributed by atoms with van der Waals surface area (Å²) in [5.74, 6) is 0.304. The second-order valence-corrected chi connectivity index (χ2v) is 7.66. The largest absolute Gasteiger partial charge is 0.356 e. The van der Waals surface area contributed by atoms with Gasteiger partial charge in [-0.05, 0) is 13.8 Å². The molecule has 2 heterocycles. The summed E-state index contributed by atoms with van der Waals surface area (Å²) < 4.78 is 0. The molecule has 1 aliphatic heterocycles. The van der Waals surface area contributed by atoms with Crippen LogP contribution >= 0.6 is 11.3 Å². The average Bonchev–Trinajstić information content (AvgIpc) is 2.98. The zero-order chi connectivity index (χ0) is 17.7. The maximum atomic E-state index is 12.2. The van der Waals surface area contributed by atoms with Crippen LogP contribution in [0.1, 0.15) is 50.7 Å². The van der Waals surface area contributed by atoms with Crippen LogP contribution in [0, 0.1) is 0 Å². The Bertz CT molecular complexity index is 571. The SMILES string of the molecule is CC(C)c1nc(CCNC(=O)C[C@@H]2C(=O)NCCN2C(C)C)cs1. The van der Waals surface area contributed by atoms with Crippen LogP contribution in [-0.2, 0) is 16.0 Å². The molecule has 1 aliphatic rings. The van der Waals surface area contributed by atoms with Gasteiger partial charge in [0.25, 0.3) is 0 Å². The molecule has 0 aromatic carbocycles. The molecule has 2 amide bonds. The molecule has 0 radical (unpaired) electrons. The number of hydrogen-bond donors (Lipinski definition) is 2. The Kier molecular flexibility index (Phi) is 6.74. The molecule has 0 unspecified atom stereocenters. The molecule has 2 N–H and O–H groups in total. The standard InChI is InChI=1S/C17H28N4O2S/c1-11(2)17-20-13(10-24-17)5-6-18-15(22)9-14-16(23)19-7-8-21(14)12(3)4/h10-12,14H,5-9H2,1-4H3,(H,18,22)(H,19,23)/t14-/m1/s1. The lowest BCUT2D eigenvalue weighted by Gasteiger charge is -2.37. The first-order chi connectivity index (χ1) is 11.4. The molecule has 1 fully saturated rings. The molecule has 0 saturated carbocycles. The smallest absolute Gasteiger partial charge is 0.237 e. The van der Waals surface area contributed by atoms with E-state index in [9.17, 15) is 9.59 Å². The third-order valence-electron chi connectivity index (χ3n) is 4.18. The summed E-state index contributed by atoms with van der Waals surface area (Å²) in [4.78, 5) is 30.9. The zero-order valence-corrected chi connectivity index (χ0v) is 15.8. The van der Waals surface area contributed by atoms with Crippen LogP contribution in [0.3, 0.4) is 0 Å². The molecule has 0 spiro atoms. The molecule has 1 aromatic rings. The van der Waals surface area contributed by atoms with Crippen molar-refractivity contribution in [3.05, 3.63) is 16.1 Å². The molecule has 2 rings (SSSR count). The first kappa shape index (κ1) is 18.9. The van der Waals surface area contributed by atoms with E-state index in [0.29, 0.717) is 19.0 Å². The summed E-state index contributed by atoms with van der Waals surface area (Å²) >= 11 is 1.67. The van der Waals surface area contributed by atoms with E-state index in [-0.39, 0.29) is 30.3 Å². The number of thiazole rings is 1. The minimum atomic E-state index is -0.370. The number of nitrogens with zero attached hydrogens (tertiary/aromatic N) is 2. The summed E-state index contributed by atoms with van der Waals surface area (Å²) in [5, 5.41) is 8.94. The fourth-order valence-electron chi connectivity index (χ4n) is 2.84. The van der Waals surface area contributed by atoms with Gasteiger partial charge >= 0.3 is 0 Å². The van der Waals surface area contributed by atoms with Gasteiger partial charge in [-0.2, -0.15) is 0 Å². The number of carbonyl (C=O) groups excluding carboxylic acids is 2. The van der Waals surface area contributed by atoms with Gasteiger partial charge < -0.3 is 10.6 Å². The van der Waals surface area contributed by atoms with Crippen LogP contribution in [0.4, 0.5) is 0 Å². The molecule has 1 saturated heterocycles. The minimum Gasteiger partial charge on any atom is -0.356 e. The number of piperazine rings is 1. The number of carbonyl (C=O) groups is 2. The molecule has 7 heteroatoms. The van der Waals surface area contributed by atoms with Crippen molar-refractivity contribution in [3.63, 3.8) is 0 Å². The Balaban J connectivity index is 1.80. The highest BCUT2D eigenvalue weighted by molar-refractivity contribution is 7.09. The maximum Gasteiger partial charge on any atom is 0.237 e. The van der Waals surface area contributed by atoms with Gasteiger partial charge in [0.05, 0.1) is 23.2 Å². The third kappa shape index (κ3) is 5.01. The van der Waals surface area contributed by atoms with Crippen LogP contribution in [0.25, 0.3) is 0 Å². The van der Waals surface area contributed by atoms with Crippen molar-refractivity contribution in [1.29, 1.82) is 0 Å². The highest BCUT2D eigenvalue weighted by Gasteiger charge is 2.32. The quantitative estimate of drug-likeness (QED) is 0.780. The first-order valence-corrected chi connectivity index (χ1v) is 9.51. The zero-order valence-electron chi connectivity index (χ0n) is 15.0. The van der Waals surface area contributed by atoms with Gasteiger partial charge in [-0.3, -0.25) is 14.5 Å². The molecule has 0 aliphatic carbocycles. The lowest BCUT2D eigenvalue weighted by atomic mass is 10.1. The molecule has 0 bridgehead atoms. The van der Waals surface area contributed by atoms with Gasteiger partial charge in [-0.25, -0.2) is 4.98 Å². The molecular weight excluding hydrogens is 324 g/mol. The Morgan fingerprint density at radius 1 is 1.46 bits per heavy atom. The van der Waals surface area contributed by atoms with Gasteiger partial charge in [0.15, 0.2) is 0 Å². The molecule has 134 valence electrons. The van der Waals surface area contributed by atoms with Gasteiger partial charge in [-0.1, -0.05) is 13.8 Å². The van der Waals surface area contributed by atoms with Crippen LogP contribution in [0.15, 0.2) is 5.38 Å². The highest BCUT2D eigenvalue weighted by atomic mass is 32.1. The number of rotatable bonds is 7. The maximum absolute atomic E-state index is 12.2. The van der Waals surface area contributed by atoms with Gasteiger partial charge in [-0.15, -0.1) is 11.3 Å². The van der Waals surface area contributed by atoms with Crippen LogP contribution in [0.5, 0.6) is 0 Å². The average molecular weight is 353 g/mol. The first-order valence-electron chi connectivity index (χ1n) is 8.63. The van der Waals surface area contributed by atoms with Crippen molar-refractivity contribution in [2.24, 2.45) is 0 Å². The normalized spacial score (nSPS) is 18.9. The lowest BCUT2D eigenvalue weighted by molar-refractivity contribution is -0.134. The van der Waals surface area contributed by atoms with E-state index in [2.05, 4.69) is 53.6 Å². The fourth-order valence-corrected chi connectivity index (χ4v) is 3.71. The summed E-state index contributed by atoms with van der Waals surface area (Å²) in [6, 6.07) is -0.121. The summed E-state index contributed by atoms with van der Waals surface area (Å²) in [6.45, 7) is 10.3. The molecule has 6 nitrogen and oxygen atoms in total. The number of amides is 2. The lowest BCUT2D eigenvalue weighted by Crippen LogP contribution is -2.58. The van der Waals surface area contributed by atoms with E-state index in [1.807, 2.05) is 0 Å². The Hall–Kier alpha value is -1.47. The highest BCUT2D eigenvalue weighted by Crippen LogP contribution is 2.19. The molecule has 1 aromatic heterocycles. The van der Waals surface area contributed by atoms with E-state index in [1.165, 1.54) is 0 Å². The van der Waals surface area contributed by atoms with Crippen LogP contribution in [0.2, 0.25) is 0 Å². The topological polar surface area (TPSA) is 74.3 Å². The van der Waals surface area contributed by atoms with Crippen molar-refractivity contribution >= 4 is 23.2 Å². The third-order valence-corrected chi connectivity index (χ3v) is 5.38. The van der Waals surface area contributed by atoms with E-state index in [0.717, 1.165) is 23.7 Å². The molecular formula is C17H28N4O2S. The summed E-state index contributed by atoms with van der Waals surface area (Å²) in [6.07, 6.45) is 0.929. The van der Waals surface area contributed by atoms with Gasteiger partial charge in [0, 0.05) is 43.4 Å². The fraction of sp³-hybridized carbons (Fsp3) is 0.706. The Morgan fingerprint density at radius 3 is 2.83 bits per heavy atom. The van der Waals surface area contributed by atoms with Crippen LogP contribution < -0.4 is 10.6 Å². The summed E-state index contributed by atoms with van der Waals surface area (Å²) in [7, 11) is 0. The predicted molar refractivity (Wildman–Crippen MR) is 96.2 cm³/mol. The molecule has 24 heavy (non-hydrogen) atoms. The van der Waals surface area contributed by atoms with Gasteiger partial charge in [0.2, 0.25) is 11.8 Å². The second kappa shape index (κ2) is 8.58. The number of hydrogen-bond acceptors (Lipinski definition) is 5. The van der Waals surface area contributed by atoms with Crippen molar-refractivity contribution in [2.45, 2.75) is 58.5 Å². The van der Waals surface area contributed by atoms with Crippen molar-refractivity contribution < 1.29 is 9.59 Å². The monoisotopic (exact) mass is 352 g/mol. The van der Waals surface area contributed by atoms with Crippen LogP contribution in [-0.4, -0.2) is 53.4 Å². The number of nitrogens with one attached hydrogen (secondary N) is 2. The van der Waals surface area contributed by atoms with Gasteiger partial charge in [0.1, 0.15) is 0 Å². The van der Waals surface area contributed by atoms with E-state index in [4.69, 9.17) is 0 Å².